The van der Waals surface area contributed by atoms with E-state index >= 15 is 0 Å². The average molecular weight is 248 g/mol. The summed E-state index contributed by atoms with van der Waals surface area (Å²) in [5, 5.41) is 4.48. The van der Waals surface area contributed by atoms with Gasteiger partial charge in [0, 0.05) is 26.2 Å². The lowest BCUT2D eigenvalue weighted by molar-refractivity contribution is 0.563. The molecule has 2 aromatic heterocycles. The molecule has 0 spiro atoms. The van der Waals surface area contributed by atoms with Crippen LogP contribution in [0.2, 0.25) is 0 Å². The van der Waals surface area contributed by atoms with Gasteiger partial charge in [0.25, 0.3) is 0 Å². The SMILES string of the molecule is CCCc1nn(C)c(N(C)Cc2ccoc2)c1N. The number of rotatable bonds is 5. The summed E-state index contributed by atoms with van der Waals surface area (Å²) in [6.45, 7) is 2.88. The molecular formula is C13H20N4O. The van der Waals surface area contributed by atoms with Crippen molar-refractivity contribution in [2.24, 2.45) is 7.05 Å². The molecule has 2 aromatic rings. The van der Waals surface area contributed by atoms with Crippen molar-refractivity contribution in [1.82, 2.24) is 9.78 Å². The van der Waals surface area contributed by atoms with Gasteiger partial charge in [0.05, 0.1) is 23.9 Å². The first kappa shape index (κ1) is 12.5. The van der Waals surface area contributed by atoms with Crippen LogP contribution < -0.4 is 10.6 Å². The molecule has 0 aliphatic heterocycles. The van der Waals surface area contributed by atoms with Crippen LogP contribution in [0.5, 0.6) is 0 Å². The summed E-state index contributed by atoms with van der Waals surface area (Å²) in [6, 6.07) is 1.95. The largest absolute Gasteiger partial charge is 0.472 e. The van der Waals surface area contributed by atoms with Crippen molar-refractivity contribution in [1.29, 1.82) is 0 Å². The van der Waals surface area contributed by atoms with Gasteiger partial charge in [-0.25, -0.2) is 0 Å². The van der Waals surface area contributed by atoms with Gasteiger partial charge in [-0.15, -0.1) is 0 Å². The average Bonchev–Trinajstić information content (AvgIpc) is 2.89. The van der Waals surface area contributed by atoms with E-state index in [0.29, 0.717) is 0 Å². The van der Waals surface area contributed by atoms with Crippen molar-refractivity contribution >= 4 is 11.5 Å². The van der Waals surface area contributed by atoms with E-state index in [1.54, 1.807) is 12.5 Å². The van der Waals surface area contributed by atoms with Gasteiger partial charge >= 0.3 is 0 Å². The van der Waals surface area contributed by atoms with Crippen LogP contribution in [0.15, 0.2) is 23.0 Å². The van der Waals surface area contributed by atoms with Gasteiger partial charge < -0.3 is 15.1 Å². The Labute approximate surface area is 107 Å². The summed E-state index contributed by atoms with van der Waals surface area (Å²) < 4.78 is 6.92. The molecule has 0 amide bonds. The van der Waals surface area contributed by atoms with Gasteiger partial charge in [-0.05, 0) is 12.5 Å². The molecule has 0 aliphatic carbocycles. The van der Waals surface area contributed by atoms with E-state index in [9.17, 15) is 0 Å². The van der Waals surface area contributed by atoms with E-state index in [1.165, 1.54) is 0 Å². The Morgan fingerprint density at radius 2 is 2.28 bits per heavy atom. The molecule has 5 heteroatoms. The summed E-state index contributed by atoms with van der Waals surface area (Å²) in [5.74, 6) is 0.958. The molecule has 0 aromatic carbocycles. The number of aryl methyl sites for hydroxylation is 2. The first-order valence-electron chi connectivity index (χ1n) is 6.17. The fraction of sp³-hybridized carbons (Fsp3) is 0.462. The zero-order valence-electron chi connectivity index (χ0n) is 11.2. The number of anilines is 2. The third-order valence-corrected chi connectivity index (χ3v) is 2.98. The number of hydrogen-bond donors (Lipinski definition) is 1. The van der Waals surface area contributed by atoms with Crippen molar-refractivity contribution in [2.75, 3.05) is 17.7 Å². The Balaban J connectivity index is 2.21. The number of aromatic nitrogens is 2. The van der Waals surface area contributed by atoms with Gasteiger partial charge in [0.1, 0.15) is 5.82 Å². The Kier molecular flexibility index (Phi) is 3.60. The number of nitrogen functional groups attached to an aromatic ring is 1. The highest BCUT2D eigenvalue weighted by atomic mass is 16.3. The standard InChI is InChI=1S/C13H20N4O/c1-4-5-11-12(14)13(17(3)15-11)16(2)8-10-6-7-18-9-10/h6-7,9H,4-5,8,14H2,1-3H3. The van der Waals surface area contributed by atoms with Crippen LogP contribution in [-0.2, 0) is 20.0 Å². The molecule has 0 aliphatic rings. The maximum Gasteiger partial charge on any atom is 0.150 e. The van der Waals surface area contributed by atoms with Crippen LogP contribution in [0.4, 0.5) is 11.5 Å². The minimum atomic E-state index is 0.756. The maximum absolute atomic E-state index is 6.17. The number of hydrogen-bond acceptors (Lipinski definition) is 4. The summed E-state index contributed by atoms with van der Waals surface area (Å²) in [5.41, 5.74) is 9.06. The summed E-state index contributed by atoms with van der Waals surface area (Å²) in [7, 11) is 3.94. The molecule has 98 valence electrons. The van der Waals surface area contributed by atoms with E-state index in [1.807, 2.05) is 24.8 Å². The lowest BCUT2D eigenvalue weighted by Crippen LogP contribution is -2.20. The first-order chi connectivity index (χ1) is 8.63. The minimum Gasteiger partial charge on any atom is -0.472 e. The highest BCUT2D eigenvalue weighted by Crippen LogP contribution is 2.27. The lowest BCUT2D eigenvalue weighted by Gasteiger charge is -2.19. The molecule has 5 nitrogen and oxygen atoms in total. The second kappa shape index (κ2) is 5.16. The van der Waals surface area contributed by atoms with E-state index in [4.69, 9.17) is 10.2 Å². The first-order valence-corrected chi connectivity index (χ1v) is 6.17. The molecule has 0 saturated heterocycles. The van der Waals surface area contributed by atoms with Gasteiger partial charge in [-0.3, -0.25) is 4.68 Å². The van der Waals surface area contributed by atoms with Crippen molar-refractivity contribution in [2.45, 2.75) is 26.3 Å². The van der Waals surface area contributed by atoms with Crippen molar-refractivity contribution in [3.8, 4) is 0 Å². The Morgan fingerprint density at radius 3 is 2.89 bits per heavy atom. The zero-order chi connectivity index (χ0) is 13.1. The van der Waals surface area contributed by atoms with Crippen LogP contribution >= 0.6 is 0 Å². The highest BCUT2D eigenvalue weighted by molar-refractivity contribution is 5.66. The van der Waals surface area contributed by atoms with Gasteiger partial charge in [-0.2, -0.15) is 5.10 Å². The molecule has 0 fully saturated rings. The van der Waals surface area contributed by atoms with Crippen LogP contribution in [0, 0.1) is 0 Å². The molecule has 2 heterocycles. The third-order valence-electron chi connectivity index (χ3n) is 2.98. The monoisotopic (exact) mass is 248 g/mol. The van der Waals surface area contributed by atoms with Crippen molar-refractivity contribution in [3.05, 3.63) is 29.9 Å². The fourth-order valence-electron chi connectivity index (χ4n) is 2.19. The van der Waals surface area contributed by atoms with E-state index in [-0.39, 0.29) is 0 Å². The molecule has 2 N–H and O–H groups in total. The van der Waals surface area contributed by atoms with Gasteiger partial charge in [0.15, 0.2) is 0 Å². The molecule has 0 atom stereocenters. The van der Waals surface area contributed by atoms with Gasteiger partial charge in [-0.1, -0.05) is 13.3 Å². The maximum atomic E-state index is 6.17. The van der Waals surface area contributed by atoms with Crippen LogP contribution in [0.25, 0.3) is 0 Å². The topological polar surface area (TPSA) is 60.2 Å². The lowest BCUT2D eigenvalue weighted by atomic mass is 10.2. The molecule has 0 unspecified atom stereocenters. The second-order valence-electron chi connectivity index (χ2n) is 4.55. The smallest absolute Gasteiger partial charge is 0.150 e. The molecule has 0 radical (unpaired) electrons. The van der Waals surface area contributed by atoms with E-state index in [0.717, 1.165) is 42.1 Å². The quantitative estimate of drug-likeness (QED) is 0.881. The Morgan fingerprint density at radius 1 is 1.50 bits per heavy atom. The number of furan rings is 1. The molecule has 0 bridgehead atoms. The molecule has 0 saturated carbocycles. The fourth-order valence-corrected chi connectivity index (χ4v) is 2.19. The number of nitrogens with zero attached hydrogens (tertiary/aromatic N) is 3. The Hall–Kier alpha value is -1.91. The van der Waals surface area contributed by atoms with Gasteiger partial charge in [0.2, 0.25) is 0 Å². The predicted molar refractivity (Wildman–Crippen MR) is 72.4 cm³/mol. The normalized spacial score (nSPS) is 10.8. The molecular weight excluding hydrogens is 228 g/mol. The van der Waals surface area contributed by atoms with Crippen LogP contribution in [0.3, 0.4) is 0 Å². The van der Waals surface area contributed by atoms with Crippen molar-refractivity contribution < 1.29 is 4.42 Å². The minimum absolute atomic E-state index is 0.756. The molecule has 18 heavy (non-hydrogen) atoms. The van der Waals surface area contributed by atoms with E-state index < -0.39 is 0 Å². The summed E-state index contributed by atoms with van der Waals surface area (Å²) in [4.78, 5) is 2.09. The number of nitrogens with two attached hydrogens (primary N) is 1. The van der Waals surface area contributed by atoms with Crippen molar-refractivity contribution in [3.63, 3.8) is 0 Å². The zero-order valence-corrected chi connectivity index (χ0v) is 11.2. The Bertz CT molecular complexity index is 501. The molecule has 2 rings (SSSR count). The van der Waals surface area contributed by atoms with Crippen LogP contribution in [0.1, 0.15) is 24.6 Å². The highest BCUT2D eigenvalue weighted by Gasteiger charge is 2.16. The summed E-state index contributed by atoms with van der Waals surface area (Å²) >= 11 is 0. The predicted octanol–water partition coefficient (Wildman–Crippen LogP) is 2.18. The second-order valence-corrected chi connectivity index (χ2v) is 4.55. The van der Waals surface area contributed by atoms with Crippen LogP contribution in [-0.4, -0.2) is 16.8 Å². The summed E-state index contributed by atoms with van der Waals surface area (Å²) in [6.07, 6.45) is 5.39. The van der Waals surface area contributed by atoms with E-state index in [2.05, 4.69) is 16.9 Å². The third kappa shape index (κ3) is 2.34.